The van der Waals surface area contributed by atoms with Gasteiger partial charge in [0.1, 0.15) is 5.82 Å². The number of carbonyl (C=O) groups excluding carboxylic acids is 2. The van der Waals surface area contributed by atoms with Gasteiger partial charge in [0.25, 0.3) is 0 Å². The molecule has 1 fully saturated rings. The van der Waals surface area contributed by atoms with Crippen LogP contribution in [0.4, 0.5) is 5.82 Å². The van der Waals surface area contributed by atoms with E-state index in [1.807, 2.05) is 37.4 Å². The molecule has 0 spiro atoms. The molecule has 0 saturated carbocycles. The number of aromatic nitrogens is 1. The van der Waals surface area contributed by atoms with Crippen LogP contribution in [0.1, 0.15) is 17.5 Å². The summed E-state index contributed by atoms with van der Waals surface area (Å²) in [5.41, 5.74) is 2.15. The van der Waals surface area contributed by atoms with Gasteiger partial charge in [-0.2, -0.15) is 0 Å². The van der Waals surface area contributed by atoms with Crippen LogP contribution in [-0.4, -0.2) is 30.4 Å². The molecule has 2 amide bonds. The average Bonchev–Trinajstić information content (AvgIpc) is 3.07. The Morgan fingerprint density at radius 2 is 2.08 bits per heavy atom. The number of rotatable bonds is 6. The van der Waals surface area contributed by atoms with E-state index in [1.165, 1.54) is 5.56 Å². The molecule has 2 N–H and O–H groups in total. The fourth-order valence-corrected chi connectivity index (χ4v) is 2.96. The first-order valence-electron chi connectivity index (χ1n) is 8.37. The molecular formula is C19H22N4O2. The summed E-state index contributed by atoms with van der Waals surface area (Å²) in [7, 11) is 1.99. The lowest BCUT2D eigenvalue weighted by molar-refractivity contribution is -0.126. The highest BCUT2D eigenvalue weighted by Crippen LogP contribution is 2.18. The van der Waals surface area contributed by atoms with Crippen LogP contribution in [0.15, 0.2) is 48.7 Å². The topological polar surface area (TPSA) is 74.3 Å². The van der Waals surface area contributed by atoms with Gasteiger partial charge in [-0.05, 0) is 11.6 Å². The Bertz CT molecular complexity index is 748. The quantitative estimate of drug-likeness (QED) is 0.836. The Morgan fingerprint density at radius 1 is 1.28 bits per heavy atom. The molecule has 1 aliphatic heterocycles. The lowest BCUT2D eigenvalue weighted by Crippen LogP contribution is -2.32. The number of hydrogen-bond donors (Lipinski definition) is 2. The van der Waals surface area contributed by atoms with Gasteiger partial charge in [0.15, 0.2) is 0 Å². The van der Waals surface area contributed by atoms with Crippen LogP contribution in [0, 0.1) is 5.92 Å². The Morgan fingerprint density at radius 3 is 2.80 bits per heavy atom. The first kappa shape index (κ1) is 17.0. The first-order chi connectivity index (χ1) is 12.1. The van der Waals surface area contributed by atoms with Crippen molar-refractivity contribution in [2.75, 3.05) is 18.5 Å². The monoisotopic (exact) mass is 338 g/mol. The molecule has 130 valence electrons. The smallest absolute Gasteiger partial charge is 0.225 e. The van der Waals surface area contributed by atoms with E-state index in [0.717, 1.165) is 17.9 Å². The van der Waals surface area contributed by atoms with Gasteiger partial charge in [0.05, 0.1) is 5.92 Å². The van der Waals surface area contributed by atoms with Gasteiger partial charge < -0.3 is 15.5 Å². The van der Waals surface area contributed by atoms with Gasteiger partial charge >= 0.3 is 0 Å². The molecule has 1 saturated heterocycles. The van der Waals surface area contributed by atoms with Crippen molar-refractivity contribution in [3.05, 3.63) is 59.8 Å². The molecule has 25 heavy (non-hydrogen) atoms. The van der Waals surface area contributed by atoms with E-state index in [9.17, 15) is 9.59 Å². The summed E-state index contributed by atoms with van der Waals surface area (Å²) in [6.07, 6.45) is 2.02. The second-order valence-corrected chi connectivity index (χ2v) is 6.25. The van der Waals surface area contributed by atoms with Gasteiger partial charge in [0, 0.05) is 44.9 Å². The highest BCUT2D eigenvalue weighted by atomic mass is 16.2. The fraction of sp³-hybridized carbons (Fsp3) is 0.316. The third-order valence-corrected chi connectivity index (χ3v) is 4.29. The maximum Gasteiger partial charge on any atom is 0.225 e. The summed E-state index contributed by atoms with van der Waals surface area (Å²) < 4.78 is 0. The van der Waals surface area contributed by atoms with E-state index in [1.54, 1.807) is 6.20 Å². The number of hydrogen-bond acceptors (Lipinski definition) is 4. The van der Waals surface area contributed by atoms with Gasteiger partial charge in [-0.1, -0.05) is 36.4 Å². The summed E-state index contributed by atoms with van der Waals surface area (Å²) in [6.45, 7) is 1.55. The summed E-state index contributed by atoms with van der Waals surface area (Å²) in [5, 5.41) is 5.61. The molecule has 6 nitrogen and oxygen atoms in total. The number of pyridine rings is 1. The van der Waals surface area contributed by atoms with Crippen molar-refractivity contribution in [2.24, 2.45) is 5.92 Å². The molecule has 1 aliphatic rings. The second-order valence-electron chi connectivity index (χ2n) is 6.25. The van der Waals surface area contributed by atoms with Crippen molar-refractivity contribution in [3.8, 4) is 0 Å². The van der Waals surface area contributed by atoms with Crippen molar-refractivity contribution in [3.63, 3.8) is 0 Å². The zero-order chi connectivity index (χ0) is 17.6. The zero-order valence-electron chi connectivity index (χ0n) is 14.2. The Balaban J connectivity index is 1.64. The van der Waals surface area contributed by atoms with Crippen LogP contribution in [-0.2, 0) is 22.7 Å². The van der Waals surface area contributed by atoms with Crippen LogP contribution in [0.3, 0.4) is 0 Å². The predicted molar refractivity (Wildman–Crippen MR) is 95.7 cm³/mol. The number of benzene rings is 1. The average molecular weight is 338 g/mol. The van der Waals surface area contributed by atoms with Crippen molar-refractivity contribution in [2.45, 2.75) is 19.5 Å². The first-order valence-corrected chi connectivity index (χ1v) is 8.37. The SMILES string of the molecule is CN(Cc1ccccc1)c1ncccc1CNC(=O)[C@@H]1CNC(=O)C1. The van der Waals surface area contributed by atoms with Crippen LogP contribution >= 0.6 is 0 Å². The molecule has 1 aromatic carbocycles. The van der Waals surface area contributed by atoms with E-state index in [-0.39, 0.29) is 24.2 Å². The van der Waals surface area contributed by atoms with E-state index in [0.29, 0.717) is 13.1 Å². The molecule has 0 aliphatic carbocycles. The summed E-state index contributed by atoms with van der Waals surface area (Å²) in [5.74, 6) is 0.394. The van der Waals surface area contributed by atoms with Gasteiger partial charge in [-0.3, -0.25) is 9.59 Å². The van der Waals surface area contributed by atoms with E-state index >= 15 is 0 Å². The molecule has 0 unspecified atom stereocenters. The summed E-state index contributed by atoms with van der Waals surface area (Å²) in [4.78, 5) is 30.0. The van der Waals surface area contributed by atoms with Crippen LogP contribution < -0.4 is 15.5 Å². The Labute approximate surface area is 147 Å². The third-order valence-electron chi connectivity index (χ3n) is 4.29. The largest absolute Gasteiger partial charge is 0.355 e. The van der Waals surface area contributed by atoms with Crippen molar-refractivity contribution >= 4 is 17.6 Å². The zero-order valence-corrected chi connectivity index (χ0v) is 14.2. The molecule has 0 radical (unpaired) electrons. The van der Waals surface area contributed by atoms with Gasteiger partial charge in [-0.25, -0.2) is 4.98 Å². The Hall–Kier alpha value is -2.89. The maximum absolute atomic E-state index is 12.2. The van der Waals surface area contributed by atoms with Crippen LogP contribution in [0.25, 0.3) is 0 Å². The van der Waals surface area contributed by atoms with Gasteiger partial charge in [-0.15, -0.1) is 0 Å². The lowest BCUT2D eigenvalue weighted by Gasteiger charge is -2.21. The fourth-order valence-electron chi connectivity index (χ4n) is 2.96. The lowest BCUT2D eigenvalue weighted by atomic mass is 10.1. The van der Waals surface area contributed by atoms with Crippen LogP contribution in [0.2, 0.25) is 0 Å². The highest BCUT2D eigenvalue weighted by molar-refractivity contribution is 5.89. The summed E-state index contributed by atoms with van der Waals surface area (Å²) in [6, 6.07) is 14.0. The third kappa shape index (κ3) is 4.35. The van der Waals surface area contributed by atoms with E-state index < -0.39 is 0 Å². The predicted octanol–water partition coefficient (Wildman–Crippen LogP) is 1.47. The number of nitrogens with zero attached hydrogens (tertiary/aromatic N) is 2. The maximum atomic E-state index is 12.2. The van der Waals surface area contributed by atoms with Crippen molar-refractivity contribution in [1.29, 1.82) is 0 Å². The standard InChI is InChI=1S/C19H22N4O2/c1-23(13-14-6-3-2-4-7-14)18-15(8-5-9-20-18)11-22-19(25)16-10-17(24)21-12-16/h2-9,16H,10-13H2,1H3,(H,21,24)(H,22,25)/t16-/m0/s1. The minimum Gasteiger partial charge on any atom is -0.355 e. The molecule has 3 rings (SSSR count). The minimum atomic E-state index is -0.283. The second kappa shape index (κ2) is 7.79. The normalized spacial score (nSPS) is 16.4. The van der Waals surface area contributed by atoms with Gasteiger partial charge in [0.2, 0.25) is 11.8 Å². The van der Waals surface area contributed by atoms with Crippen molar-refractivity contribution in [1.82, 2.24) is 15.6 Å². The molecule has 2 heterocycles. The van der Waals surface area contributed by atoms with Crippen LogP contribution in [0.5, 0.6) is 0 Å². The number of nitrogens with one attached hydrogen (secondary N) is 2. The molecule has 1 aromatic heterocycles. The Kier molecular flexibility index (Phi) is 5.28. The number of carbonyl (C=O) groups is 2. The molecule has 2 aromatic rings. The number of anilines is 1. The van der Waals surface area contributed by atoms with E-state index in [2.05, 4.69) is 32.7 Å². The molecule has 6 heteroatoms. The molecule has 0 bridgehead atoms. The summed E-state index contributed by atoms with van der Waals surface area (Å²) >= 11 is 0. The molecule has 1 atom stereocenters. The van der Waals surface area contributed by atoms with E-state index in [4.69, 9.17) is 0 Å². The highest BCUT2D eigenvalue weighted by Gasteiger charge is 2.27. The minimum absolute atomic E-state index is 0.0650. The van der Waals surface area contributed by atoms with Crippen molar-refractivity contribution < 1.29 is 9.59 Å². The number of amides is 2. The molecular weight excluding hydrogens is 316 g/mol.